The number of benzene rings is 4. The molecule has 0 bridgehead atoms. The molecule has 10 aromatic rings. The van der Waals surface area contributed by atoms with Crippen LogP contribution in [0.3, 0.4) is 0 Å². The van der Waals surface area contributed by atoms with Crippen molar-refractivity contribution in [2.75, 3.05) is 19.8 Å². The molecule has 0 saturated carbocycles. The summed E-state index contributed by atoms with van der Waals surface area (Å²) >= 11 is 0. The maximum atomic E-state index is 12.2. The van der Waals surface area contributed by atoms with Crippen LogP contribution in [0.25, 0.3) is 67.4 Å². The molecule has 0 spiro atoms. The number of carbonyl (C=O) groups is 2. The molecule has 2 N–H and O–H groups in total. The summed E-state index contributed by atoms with van der Waals surface area (Å²) in [6.45, 7) is 2.30. The van der Waals surface area contributed by atoms with E-state index in [-0.39, 0.29) is 25.0 Å². The second kappa shape index (κ2) is 18.1. The molecule has 0 aliphatic rings. The van der Waals surface area contributed by atoms with E-state index in [1.54, 1.807) is 31.5 Å². The van der Waals surface area contributed by atoms with Crippen LogP contribution in [0.15, 0.2) is 183 Å². The van der Waals surface area contributed by atoms with Crippen molar-refractivity contribution in [3.63, 3.8) is 0 Å². The van der Waals surface area contributed by atoms with Crippen molar-refractivity contribution < 1.29 is 19.4 Å². The Hall–Kier alpha value is -8.42. The molecule has 0 fully saturated rings. The highest BCUT2D eigenvalue weighted by atomic mass is 16.5. The number of aliphatic hydroxyl groups excluding tert-OH is 1. The van der Waals surface area contributed by atoms with Gasteiger partial charge in [-0.3, -0.25) is 13.6 Å². The maximum absolute atomic E-state index is 12.2. The molecule has 0 aliphatic heterocycles. The van der Waals surface area contributed by atoms with Crippen molar-refractivity contribution in [1.82, 2.24) is 43.6 Å². The van der Waals surface area contributed by atoms with E-state index in [9.17, 15) is 9.59 Å². The average Bonchev–Trinajstić information content (AvgIpc) is 4.19. The predicted octanol–water partition coefficient (Wildman–Crippen LogP) is 8.61. The number of amides is 1. The molecule has 6 aromatic heterocycles. The van der Waals surface area contributed by atoms with Gasteiger partial charge in [0.05, 0.1) is 53.9 Å². The van der Waals surface area contributed by atoms with E-state index in [4.69, 9.17) is 9.84 Å². The first-order valence-corrected chi connectivity index (χ1v) is 20.4. The van der Waals surface area contributed by atoms with Gasteiger partial charge >= 0.3 is 5.97 Å². The fraction of sp³-hybridized carbons (Fsp3) is 0.0800. The zero-order valence-corrected chi connectivity index (χ0v) is 34.2. The number of ether oxygens (including phenoxy) is 1. The third-order valence-corrected chi connectivity index (χ3v) is 10.4. The average molecular weight is 832 g/mol. The molecule has 4 aromatic carbocycles. The Balaban J connectivity index is 0.000000160. The van der Waals surface area contributed by atoms with Crippen LogP contribution in [-0.2, 0) is 4.74 Å². The van der Waals surface area contributed by atoms with Gasteiger partial charge in [0.25, 0.3) is 5.91 Å². The summed E-state index contributed by atoms with van der Waals surface area (Å²) in [4.78, 5) is 33.5. The van der Waals surface area contributed by atoms with Crippen LogP contribution in [0.4, 0.5) is 0 Å². The highest BCUT2D eigenvalue weighted by Gasteiger charge is 2.13. The molecule has 6 heterocycles. The van der Waals surface area contributed by atoms with E-state index < -0.39 is 0 Å². The van der Waals surface area contributed by atoms with Crippen LogP contribution in [0.5, 0.6) is 0 Å². The lowest BCUT2D eigenvalue weighted by Crippen LogP contribution is -2.26. The van der Waals surface area contributed by atoms with Crippen LogP contribution in [0.2, 0.25) is 0 Å². The Bertz CT molecular complexity index is 3190. The van der Waals surface area contributed by atoms with Gasteiger partial charge in [-0.15, -0.1) is 0 Å². The highest BCUT2D eigenvalue weighted by Crippen LogP contribution is 2.29. The number of imidazole rings is 2. The number of hydrogen-bond donors (Lipinski definition) is 2. The van der Waals surface area contributed by atoms with E-state index in [2.05, 4.69) is 54.1 Å². The summed E-state index contributed by atoms with van der Waals surface area (Å²) in [5, 5.41) is 20.2. The molecule has 10 rings (SSSR count). The van der Waals surface area contributed by atoms with Crippen LogP contribution in [-0.4, -0.2) is 75.1 Å². The number of aliphatic hydroxyl groups is 1. The number of nitrogens with one attached hydrogen (secondary N) is 1. The quantitative estimate of drug-likeness (QED) is 0.123. The number of aromatic nitrogens is 8. The van der Waals surface area contributed by atoms with Crippen LogP contribution < -0.4 is 5.32 Å². The first-order valence-electron chi connectivity index (χ1n) is 20.4. The minimum atomic E-state index is -0.314. The van der Waals surface area contributed by atoms with E-state index in [0.717, 1.165) is 67.4 Å². The van der Waals surface area contributed by atoms with Crippen LogP contribution in [0.1, 0.15) is 27.6 Å². The molecule has 0 unspecified atom stereocenters. The molecule has 13 nitrogen and oxygen atoms in total. The van der Waals surface area contributed by atoms with Gasteiger partial charge in [0.1, 0.15) is 11.3 Å². The Morgan fingerprint density at radius 2 is 1.06 bits per heavy atom. The third kappa shape index (κ3) is 8.62. The fourth-order valence-corrected chi connectivity index (χ4v) is 7.36. The number of pyridine rings is 2. The molecule has 0 atom stereocenters. The number of carbonyl (C=O) groups excluding carboxylic acids is 2. The largest absolute Gasteiger partial charge is 0.462 e. The van der Waals surface area contributed by atoms with Gasteiger partial charge in [0, 0.05) is 60.4 Å². The van der Waals surface area contributed by atoms with E-state index in [1.807, 2.05) is 148 Å². The van der Waals surface area contributed by atoms with Gasteiger partial charge in [0.2, 0.25) is 0 Å². The SMILES string of the molecule is CCOC(=O)c1cccc(-c2ccn3c(-c4cccc(-n5cccn5)c4)cnc3c2)c1.O=C(NCCO)c1cccc(-c2ccn3c(-c4cccc(-n5cccn5)c4)cnc3c2)c1. The first-order chi connectivity index (χ1) is 30.9. The van der Waals surface area contributed by atoms with E-state index >= 15 is 0 Å². The maximum Gasteiger partial charge on any atom is 0.338 e. The smallest absolute Gasteiger partial charge is 0.338 e. The molecule has 0 radical (unpaired) electrons. The van der Waals surface area contributed by atoms with Crippen LogP contribution in [0, 0.1) is 0 Å². The second-order valence-corrected chi connectivity index (χ2v) is 14.4. The monoisotopic (exact) mass is 831 g/mol. The minimum Gasteiger partial charge on any atom is -0.462 e. The molecule has 0 aliphatic carbocycles. The number of rotatable bonds is 11. The van der Waals surface area contributed by atoms with Crippen molar-refractivity contribution in [2.45, 2.75) is 6.92 Å². The van der Waals surface area contributed by atoms with Crippen molar-refractivity contribution >= 4 is 23.2 Å². The van der Waals surface area contributed by atoms with Crippen LogP contribution >= 0.6 is 0 Å². The molecular weight excluding hydrogens is 791 g/mol. The molecule has 1 amide bonds. The number of nitrogens with zero attached hydrogens (tertiary/aromatic N) is 8. The second-order valence-electron chi connectivity index (χ2n) is 14.4. The van der Waals surface area contributed by atoms with Gasteiger partial charge in [-0.1, -0.05) is 48.5 Å². The van der Waals surface area contributed by atoms with Crippen molar-refractivity contribution in [1.29, 1.82) is 0 Å². The number of fused-ring (bicyclic) bond motifs is 2. The van der Waals surface area contributed by atoms with E-state index in [0.29, 0.717) is 17.7 Å². The summed E-state index contributed by atoms with van der Waals surface area (Å²) in [5.74, 6) is -0.521. The molecule has 13 heteroatoms. The van der Waals surface area contributed by atoms with E-state index in [1.165, 1.54) is 0 Å². The Morgan fingerprint density at radius 3 is 1.57 bits per heavy atom. The first kappa shape index (κ1) is 40.0. The summed E-state index contributed by atoms with van der Waals surface area (Å²) in [6.07, 6.45) is 15.1. The number of esters is 1. The third-order valence-electron chi connectivity index (χ3n) is 10.4. The lowest BCUT2D eigenvalue weighted by molar-refractivity contribution is 0.0526. The van der Waals surface area contributed by atoms with Crippen molar-refractivity contribution in [3.05, 3.63) is 194 Å². The molecule has 310 valence electrons. The number of hydrogen-bond acceptors (Lipinski definition) is 8. The summed E-state index contributed by atoms with van der Waals surface area (Å²) < 4.78 is 12.9. The normalized spacial score (nSPS) is 11.0. The van der Waals surface area contributed by atoms with Gasteiger partial charge in [0.15, 0.2) is 0 Å². The Labute approximate surface area is 362 Å². The molecular formula is C50H41N9O4. The zero-order chi connectivity index (χ0) is 43.1. The lowest BCUT2D eigenvalue weighted by atomic mass is 10.0. The summed E-state index contributed by atoms with van der Waals surface area (Å²) in [7, 11) is 0. The minimum absolute atomic E-state index is 0.0881. The van der Waals surface area contributed by atoms with Gasteiger partial charge in [-0.05, 0) is 114 Å². The van der Waals surface area contributed by atoms with Crippen molar-refractivity contribution in [2.24, 2.45) is 0 Å². The van der Waals surface area contributed by atoms with Gasteiger partial charge < -0.3 is 15.2 Å². The highest BCUT2D eigenvalue weighted by molar-refractivity contribution is 5.95. The van der Waals surface area contributed by atoms with Crippen molar-refractivity contribution in [3.8, 4) is 56.1 Å². The standard InChI is InChI=1S/C25H21N5O2.C25H20N4O2/c31-13-10-26-25(32)21-6-1-4-18(14-21)19-8-12-29-23(17-27-24(29)16-19)20-5-2-7-22(15-20)30-11-3-9-28-30;1-2-31-25(30)21-8-3-6-18(14-21)19-10-13-28-23(17-26-24(28)16-19)20-7-4-9-22(15-20)29-12-5-11-27-29/h1-9,11-12,14-17,31H,10,13H2,(H,26,32);3-17H,2H2,1H3. The van der Waals surface area contributed by atoms with Gasteiger partial charge in [-0.2, -0.15) is 10.2 Å². The molecule has 0 saturated heterocycles. The lowest BCUT2D eigenvalue weighted by Gasteiger charge is -2.08. The Morgan fingerprint density at radius 1 is 0.571 bits per heavy atom. The summed E-state index contributed by atoms with van der Waals surface area (Å²) in [6, 6.07) is 43.1. The zero-order valence-electron chi connectivity index (χ0n) is 34.2. The predicted molar refractivity (Wildman–Crippen MR) is 242 cm³/mol. The topological polar surface area (TPSA) is 146 Å². The Kier molecular flexibility index (Phi) is 11.5. The summed E-state index contributed by atoms with van der Waals surface area (Å²) in [5.41, 5.74) is 12.6. The molecule has 63 heavy (non-hydrogen) atoms. The fourth-order valence-electron chi connectivity index (χ4n) is 7.36. The van der Waals surface area contributed by atoms with Gasteiger partial charge in [-0.25, -0.2) is 24.1 Å².